The van der Waals surface area contributed by atoms with Gasteiger partial charge in [-0.1, -0.05) is 23.2 Å². The van der Waals surface area contributed by atoms with Gasteiger partial charge >= 0.3 is 0 Å². The number of hydrogen-bond donors (Lipinski definition) is 2. The van der Waals surface area contributed by atoms with Crippen molar-refractivity contribution in [2.45, 2.75) is 26.8 Å². The lowest BCUT2D eigenvalue weighted by Crippen LogP contribution is -2.29. The Labute approximate surface area is 159 Å². The second-order valence-corrected chi connectivity index (χ2v) is 7.09. The van der Waals surface area contributed by atoms with Gasteiger partial charge in [-0.05, 0) is 66.6 Å². The van der Waals surface area contributed by atoms with Crippen LogP contribution < -0.4 is 10.6 Å². The fourth-order valence-electron chi connectivity index (χ4n) is 2.07. The summed E-state index contributed by atoms with van der Waals surface area (Å²) in [6.07, 6.45) is 0.914. The number of hydrogen-bond acceptors (Lipinski definition) is 2. The molecule has 0 aliphatic carbocycles. The summed E-state index contributed by atoms with van der Waals surface area (Å²) in [5, 5.41) is 12.3. The zero-order valence-electron chi connectivity index (χ0n) is 12.8. The molecular formula is C15H17BrCl2N4S. The fourth-order valence-corrected chi connectivity index (χ4v) is 2.87. The predicted molar refractivity (Wildman–Crippen MR) is 105 cm³/mol. The molecule has 0 fully saturated rings. The number of benzene rings is 1. The molecule has 2 N–H and O–H groups in total. The Kier molecular flexibility index (Phi) is 6.71. The van der Waals surface area contributed by atoms with Gasteiger partial charge in [-0.3, -0.25) is 4.68 Å². The van der Waals surface area contributed by atoms with Crippen LogP contribution in [-0.4, -0.2) is 21.4 Å². The average molecular weight is 436 g/mol. The highest BCUT2D eigenvalue weighted by Crippen LogP contribution is 2.25. The molecule has 1 aromatic heterocycles. The molecule has 0 spiro atoms. The molecule has 0 atom stereocenters. The van der Waals surface area contributed by atoms with Crippen LogP contribution in [0.15, 0.2) is 22.7 Å². The Morgan fingerprint density at radius 1 is 1.30 bits per heavy atom. The van der Waals surface area contributed by atoms with Crippen LogP contribution in [0, 0.1) is 13.8 Å². The molecule has 0 aliphatic heterocycles. The van der Waals surface area contributed by atoms with Crippen LogP contribution in [-0.2, 0) is 6.54 Å². The van der Waals surface area contributed by atoms with Crippen molar-refractivity contribution in [1.29, 1.82) is 0 Å². The van der Waals surface area contributed by atoms with E-state index >= 15 is 0 Å². The van der Waals surface area contributed by atoms with Gasteiger partial charge in [-0.15, -0.1) is 0 Å². The molecule has 8 heteroatoms. The Morgan fingerprint density at radius 2 is 2.04 bits per heavy atom. The summed E-state index contributed by atoms with van der Waals surface area (Å²) in [5.41, 5.74) is 2.95. The van der Waals surface area contributed by atoms with Gasteiger partial charge in [0.2, 0.25) is 0 Å². The maximum atomic E-state index is 5.97. The lowest BCUT2D eigenvalue weighted by atomic mass is 10.3. The molecule has 0 unspecified atom stereocenters. The summed E-state index contributed by atoms with van der Waals surface area (Å²) in [5.74, 6) is 0. The van der Waals surface area contributed by atoms with E-state index < -0.39 is 0 Å². The van der Waals surface area contributed by atoms with E-state index in [9.17, 15) is 0 Å². The summed E-state index contributed by atoms with van der Waals surface area (Å²) < 4.78 is 3.07. The molecule has 0 amide bonds. The predicted octanol–water partition coefficient (Wildman–Crippen LogP) is 4.95. The van der Waals surface area contributed by atoms with Gasteiger partial charge in [0.25, 0.3) is 0 Å². The van der Waals surface area contributed by atoms with Crippen LogP contribution >= 0.6 is 51.3 Å². The Balaban J connectivity index is 1.76. The third-order valence-corrected chi connectivity index (χ3v) is 5.44. The minimum absolute atomic E-state index is 0.495. The Hall–Kier alpha value is -0.820. The third kappa shape index (κ3) is 5.08. The topological polar surface area (TPSA) is 41.9 Å². The molecule has 23 heavy (non-hydrogen) atoms. The monoisotopic (exact) mass is 434 g/mol. The molecule has 0 radical (unpaired) electrons. The van der Waals surface area contributed by atoms with Gasteiger partial charge in [0.15, 0.2) is 5.11 Å². The van der Waals surface area contributed by atoms with Crippen LogP contribution in [0.2, 0.25) is 10.0 Å². The van der Waals surface area contributed by atoms with Crippen LogP contribution in [0.3, 0.4) is 0 Å². The number of thiocarbonyl (C=S) groups is 1. The van der Waals surface area contributed by atoms with E-state index in [1.807, 2.05) is 24.6 Å². The molecular weight excluding hydrogens is 419 g/mol. The van der Waals surface area contributed by atoms with Gasteiger partial charge < -0.3 is 10.6 Å². The Morgan fingerprint density at radius 3 is 2.65 bits per heavy atom. The molecule has 2 rings (SSSR count). The molecule has 0 aliphatic rings. The number of rotatable bonds is 5. The molecule has 0 saturated heterocycles. The van der Waals surface area contributed by atoms with Crippen molar-refractivity contribution in [2.24, 2.45) is 0 Å². The van der Waals surface area contributed by atoms with E-state index in [0.717, 1.165) is 41.1 Å². The van der Waals surface area contributed by atoms with Crippen molar-refractivity contribution in [3.05, 3.63) is 44.1 Å². The zero-order valence-corrected chi connectivity index (χ0v) is 16.7. The van der Waals surface area contributed by atoms with Gasteiger partial charge in [-0.25, -0.2) is 0 Å². The summed E-state index contributed by atoms with van der Waals surface area (Å²) >= 11 is 20.7. The van der Waals surface area contributed by atoms with Crippen molar-refractivity contribution in [3.63, 3.8) is 0 Å². The molecule has 1 heterocycles. The highest BCUT2D eigenvalue weighted by Gasteiger charge is 2.08. The normalized spacial score (nSPS) is 10.7. The average Bonchev–Trinajstić information content (AvgIpc) is 2.75. The van der Waals surface area contributed by atoms with Crippen molar-refractivity contribution in [2.75, 3.05) is 11.9 Å². The molecule has 0 bridgehead atoms. The standard InChI is InChI=1S/C15H17BrCl2N4S/c1-9-14(16)10(2)22(21-9)7-3-6-19-15(23)20-11-4-5-12(17)13(18)8-11/h4-5,8H,3,6-7H2,1-2H3,(H2,19,20,23). The quantitative estimate of drug-likeness (QED) is 0.515. The van der Waals surface area contributed by atoms with Gasteiger partial charge in [0.1, 0.15) is 0 Å². The summed E-state index contributed by atoms with van der Waals surface area (Å²) in [7, 11) is 0. The van der Waals surface area contributed by atoms with Gasteiger partial charge in [0.05, 0.1) is 20.2 Å². The SMILES string of the molecule is Cc1nn(CCCNC(=S)Nc2ccc(Cl)c(Cl)c2)c(C)c1Br. The first-order valence-electron chi connectivity index (χ1n) is 7.08. The molecule has 2 aromatic rings. The number of nitrogens with zero attached hydrogens (tertiary/aromatic N) is 2. The van der Waals surface area contributed by atoms with E-state index in [1.165, 1.54) is 0 Å². The minimum atomic E-state index is 0.495. The van der Waals surface area contributed by atoms with Gasteiger partial charge in [0, 0.05) is 24.5 Å². The lowest BCUT2D eigenvalue weighted by molar-refractivity contribution is 0.558. The van der Waals surface area contributed by atoms with Gasteiger partial charge in [-0.2, -0.15) is 5.10 Å². The van der Waals surface area contributed by atoms with Crippen molar-refractivity contribution in [1.82, 2.24) is 15.1 Å². The van der Waals surface area contributed by atoms with E-state index in [4.69, 9.17) is 35.4 Å². The second-order valence-electron chi connectivity index (χ2n) is 5.07. The van der Waals surface area contributed by atoms with E-state index in [-0.39, 0.29) is 0 Å². The van der Waals surface area contributed by atoms with Crippen LogP contribution in [0.1, 0.15) is 17.8 Å². The van der Waals surface area contributed by atoms with Crippen LogP contribution in [0.5, 0.6) is 0 Å². The zero-order chi connectivity index (χ0) is 17.0. The van der Waals surface area contributed by atoms with E-state index in [0.29, 0.717) is 15.2 Å². The number of aromatic nitrogens is 2. The van der Waals surface area contributed by atoms with Crippen molar-refractivity contribution < 1.29 is 0 Å². The second kappa shape index (κ2) is 8.33. The fraction of sp³-hybridized carbons (Fsp3) is 0.333. The highest BCUT2D eigenvalue weighted by atomic mass is 79.9. The molecule has 0 saturated carbocycles. The number of nitrogens with one attached hydrogen (secondary N) is 2. The smallest absolute Gasteiger partial charge is 0.170 e. The molecule has 4 nitrogen and oxygen atoms in total. The largest absolute Gasteiger partial charge is 0.362 e. The maximum absolute atomic E-state index is 5.97. The summed E-state index contributed by atoms with van der Waals surface area (Å²) in [6, 6.07) is 5.30. The third-order valence-electron chi connectivity index (χ3n) is 3.30. The minimum Gasteiger partial charge on any atom is -0.362 e. The highest BCUT2D eigenvalue weighted by molar-refractivity contribution is 9.10. The first-order chi connectivity index (χ1) is 10.9. The van der Waals surface area contributed by atoms with Crippen molar-refractivity contribution >= 4 is 62.1 Å². The first kappa shape index (κ1) is 18.5. The summed E-state index contributed by atoms with van der Waals surface area (Å²) in [4.78, 5) is 0. The first-order valence-corrected chi connectivity index (χ1v) is 9.03. The Bertz CT molecular complexity index is 718. The van der Waals surface area contributed by atoms with E-state index in [2.05, 4.69) is 31.7 Å². The van der Waals surface area contributed by atoms with Crippen LogP contribution in [0.25, 0.3) is 0 Å². The lowest BCUT2D eigenvalue weighted by Gasteiger charge is -2.11. The molecule has 124 valence electrons. The number of aryl methyl sites for hydroxylation is 2. The molecule has 1 aromatic carbocycles. The summed E-state index contributed by atoms with van der Waals surface area (Å²) in [6.45, 7) is 5.62. The van der Waals surface area contributed by atoms with E-state index in [1.54, 1.807) is 12.1 Å². The number of anilines is 1. The number of halogens is 3. The van der Waals surface area contributed by atoms with Crippen LogP contribution in [0.4, 0.5) is 5.69 Å². The van der Waals surface area contributed by atoms with Crippen molar-refractivity contribution in [3.8, 4) is 0 Å². The maximum Gasteiger partial charge on any atom is 0.170 e.